The average Bonchev–Trinajstić information content (AvgIpc) is 3.29. The van der Waals surface area contributed by atoms with Crippen molar-refractivity contribution in [3.63, 3.8) is 0 Å². The van der Waals surface area contributed by atoms with E-state index in [2.05, 4.69) is 15.0 Å². The first-order valence-electron chi connectivity index (χ1n) is 8.18. The van der Waals surface area contributed by atoms with Crippen LogP contribution >= 0.6 is 11.3 Å². The Kier molecular flexibility index (Phi) is 4.47. The molecule has 0 saturated carbocycles. The molecule has 130 valence electrons. The Bertz CT molecular complexity index is 1140. The zero-order chi connectivity index (χ0) is 17.9. The summed E-state index contributed by atoms with van der Waals surface area (Å²) >= 11 is 1.43. The van der Waals surface area contributed by atoms with Crippen molar-refractivity contribution >= 4 is 28.3 Å². The largest absolute Gasteiger partial charge is 0.345 e. The zero-order valence-corrected chi connectivity index (χ0v) is 14.7. The standard InChI is InChI=1S/C19H17N5OS/c20-10-13-4-1-2-5-14(13)12-24-8-9-26-19(24)23-18(25)16-11-22-17-15(16)6-3-7-21-17/h1-9,11H,10,12,20H2,(H,21,22). The van der Waals surface area contributed by atoms with Crippen LogP contribution in [-0.2, 0) is 13.1 Å². The number of aromatic nitrogens is 3. The van der Waals surface area contributed by atoms with Crippen LogP contribution in [0.25, 0.3) is 11.0 Å². The number of amides is 1. The molecule has 26 heavy (non-hydrogen) atoms. The van der Waals surface area contributed by atoms with Gasteiger partial charge in [-0.3, -0.25) is 4.79 Å². The minimum absolute atomic E-state index is 0.285. The fraction of sp³-hybridized carbons (Fsp3) is 0.105. The highest BCUT2D eigenvalue weighted by Crippen LogP contribution is 2.16. The maximum Gasteiger partial charge on any atom is 0.281 e. The molecular weight excluding hydrogens is 346 g/mol. The number of fused-ring (bicyclic) bond motifs is 1. The van der Waals surface area contributed by atoms with Gasteiger partial charge in [0.15, 0.2) is 4.80 Å². The van der Waals surface area contributed by atoms with Gasteiger partial charge in [-0.1, -0.05) is 24.3 Å². The summed E-state index contributed by atoms with van der Waals surface area (Å²) in [5.74, 6) is -0.285. The van der Waals surface area contributed by atoms with Crippen molar-refractivity contribution < 1.29 is 4.79 Å². The van der Waals surface area contributed by atoms with Gasteiger partial charge >= 0.3 is 0 Å². The van der Waals surface area contributed by atoms with Gasteiger partial charge in [-0.2, -0.15) is 4.99 Å². The Labute approximate surface area is 153 Å². The van der Waals surface area contributed by atoms with Crippen LogP contribution in [0.15, 0.2) is 65.4 Å². The summed E-state index contributed by atoms with van der Waals surface area (Å²) in [6.45, 7) is 1.10. The average molecular weight is 363 g/mol. The molecule has 4 aromatic rings. The summed E-state index contributed by atoms with van der Waals surface area (Å²) in [7, 11) is 0. The predicted octanol–water partition coefficient (Wildman–Crippen LogP) is 2.67. The van der Waals surface area contributed by atoms with E-state index in [1.54, 1.807) is 12.4 Å². The molecule has 0 unspecified atom stereocenters. The highest BCUT2D eigenvalue weighted by atomic mass is 32.1. The number of hydrogen-bond donors (Lipinski definition) is 2. The Morgan fingerprint density at radius 2 is 2.08 bits per heavy atom. The SMILES string of the molecule is NCc1ccccc1Cn1ccsc1=NC(=O)c1c[nH]c2ncccc12. The number of aromatic amines is 1. The summed E-state index contributed by atoms with van der Waals surface area (Å²) in [4.78, 5) is 24.9. The first-order chi connectivity index (χ1) is 12.8. The lowest BCUT2D eigenvalue weighted by molar-refractivity contribution is 0.0999. The molecule has 0 fully saturated rings. The number of nitrogens with two attached hydrogens (primary N) is 1. The van der Waals surface area contributed by atoms with Crippen LogP contribution in [0, 0.1) is 0 Å². The maximum atomic E-state index is 12.7. The molecule has 4 rings (SSSR count). The topological polar surface area (TPSA) is 89.1 Å². The van der Waals surface area contributed by atoms with Crippen LogP contribution in [0.4, 0.5) is 0 Å². The molecule has 0 aliphatic rings. The third-order valence-electron chi connectivity index (χ3n) is 4.22. The van der Waals surface area contributed by atoms with E-state index in [1.807, 2.05) is 52.5 Å². The van der Waals surface area contributed by atoms with E-state index in [1.165, 1.54) is 11.3 Å². The first-order valence-corrected chi connectivity index (χ1v) is 9.06. The van der Waals surface area contributed by atoms with Gasteiger partial charge in [0, 0.05) is 35.9 Å². The Balaban J connectivity index is 1.69. The molecule has 0 saturated heterocycles. The molecule has 0 radical (unpaired) electrons. The van der Waals surface area contributed by atoms with E-state index in [9.17, 15) is 4.79 Å². The number of pyridine rings is 1. The molecule has 0 spiro atoms. The van der Waals surface area contributed by atoms with Crippen LogP contribution in [-0.4, -0.2) is 20.4 Å². The second-order valence-electron chi connectivity index (χ2n) is 5.81. The van der Waals surface area contributed by atoms with Crippen molar-refractivity contribution in [2.75, 3.05) is 0 Å². The molecule has 3 heterocycles. The zero-order valence-electron chi connectivity index (χ0n) is 13.9. The van der Waals surface area contributed by atoms with Gasteiger partial charge in [-0.05, 0) is 23.3 Å². The number of nitrogens with one attached hydrogen (secondary N) is 1. The normalized spacial score (nSPS) is 12.0. The number of hydrogen-bond acceptors (Lipinski definition) is 4. The predicted molar refractivity (Wildman–Crippen MR) is 102 cm³/mol. The van der Waals surface area contributed by atoms with E-state index in [0.717, 1.165) is 16.5 Å². The molecule has 1 amide bonds. The summed E-state index contributed by atoms with van der Waals surface area (Å²) in [6.07, 6.45) is 5.28. The first kappa shape index (κ1) is 16.4. The van der Waals surface area contributed by atoms with E-state index in [-0.39, 0.29) is 5.91 Å². The van der Waals surface area contributed by atoms with Gasteiger partial charge in [-0.25, -0.2) is 4.98 Å². The lowest BCUT2D eigenvalue weighted by Gasteiger charge is -2.08. The van der Waals surface area contributed by atoms with Crippen LogP contribution < -0.4 is 10.5 Å². The maximum absolute atomic E-state index is 12.7. The lowest BCUT2D eigenvalue weighted by atomic mass is 10.1. The minimum atomic E-state index is -0.285. The number of H-pyrrole nitrogens is 1. The lowest BCUT2D eigenvalue weighted by Crippen LogP contribution is -2.18. The van der Waals surface area contributed by atoms with Gasteiger partial charge in [0.05, 0.1) is 12.1 Å². The molecule has 1 aromatic carbocycles. The Morgan fingerprint density at radius 3 is 2.92 bits per heavy atom. The summed E-state index contributed by atoms with van der Waals surface area (Å²) in [5, 5.41) is 2.70. The van der Waals surface area contributed by atoms with Gasteiger partial charge < -0.3 is 15.3 Å². The summed E-state index contributed by atoms with van der Waals surface area (Å²) < 4.78 is 1.96. The molecule has 0 aliphatic heterocycles. The van der Waals surface area contributed by atoms with E-state index < -0.39 is 0 Å². The molecule has 0 bridgehead atoms. The van der Waals surface area contributed by atoms with Gasteiger partial charge in [0.25, 0.3) is 5.91 Å². The van der Waals surface area contributed by atoms with Crippen molar-refractivity contribution in [3.05, 3.63) is 81.9 Å². The third-order valence-corrected chi connectivity index (χ3v) is 5.01. The van der Waals surface area contributed by atoms with Gasteiger partial charge in [-0.15, -0.1) is 11.3 Å². The number of rotatable bonds is 4. The number of carbonyl (C=O) groups excluding carboxylic acids is 1. The highest BCUT2D eigenvalue weighted by molar-refractivity contribution is 7.07. The van der Waals surface area contributed by atoms with Crippen molar-refractivity contribution in [1.82, 2.24) is 14.5 Å². The molecule has 7 heteroatoms. The second-order valence-corrected chi connectivity index (χ2v) is 6.68. The molecule has 6 nitrogen and oxygen atoms in total. The Hall–Kier alpha value is -3.03. The van der Waals surface area contributed by atoms with E-state index in [0.29, 0.717) is 29.1 Å². The van der Waals surface area contributed by atoms with Crippen LogP contribution in [0.5, 0.6) is 0 Å². The van der Waals surface area contributed by atoms with Crippen LogP contribution in [0.1, 0.15) is 21.5 Å². The van der Waals surface area contributed by atoms with Crippen molar-refractivity contribution in [3.8, 4) is 0 Å². The molecule has 0 aliphatic carbocycles. The fourth-order valence-corrected chi connectivity index (χ4v) is 3.61. The van der Waals surface area contributed by atoms with Crippen molar-refractivity contribution in [2.24, 2.45) is 10.7 Å². The molecule has 3 N–H and O–H groups in total. The van der Waals surface area contributed by atoms with Crippen molar-refractivity contribution in [2.45, 2.75) is 13.1 Å². The highest BCUT2D eigenvalue weighted by Gasteiger charge is 2.12. The third kappa shape index (κ3) is 3.10. The summed E-state index contributed by atoms with van der Waals surface area (Å²) in [5.41, 5.74) is 9.24. The van der Waals surface area contributed by atoms with Crippen LogP contribution in [0.3, 0.4) is 0 Å². The summed E-state index contributed by atoms with van der Waals surface area (Å²) in [6, 6.07) is 11.7. The number of thiazole rings is 1. The van der Waals surface area contributed by atoms with E-state index in [4.69, 9.17) is 5.73 Å². The van der Waals surface area contributed by atoms with Gasteiger partial charge in [0.1, 0.15) is 5.65 Å². The Morgan fingerprint density at radius 1 is 1.23 bits per heavy atom. The molecular formula is C19H17N5OS. The van der Waals surface area contributed by atoms with Crippen LogP contribution in [0.2, 0.25) is 0 Å². The quantitative estimate of drug-likeness (QED) is 0.584. The minimum Gasteiger partial charge on any atom is -0.345 e. The van der Waals surface area contributed by atoms with Gasteiger partial charge in [0.2, 0.25) is 0 Å². The smallest absolute Gasteiger partial charge is 0.281 e. The number of nitrogens with zero attached hydrogens (tertiary/aromatic N) is 3. The number of benzene rings is 1. The molecule has 0 atom stereocenters. The second kappa shape index (κ2) is 7.07. The monoisotopic (exact) mass is 363 g/mol. The van der Waals surface area contributed by atoms with E-state index >= 15 is 0 Å². The molecule has 3 aromatic heterocycles. The van der Waals surface area contributed by atoms with Crippen molar-refractivity contribution in [1.29, 1.82) is 0 Å². The number of carbonyl (C=O) groups is 1. The fourth-order valence-electron chi connectivity index (χ4n) is 2.88.